The van der Waals surface area contributed by atoms with Crippen LogP contribution in [0.5, 0.6) is 0 Å². The summed E-state index contributed by atoms with van der Waals surface area (Å²) in [6.45, 7) is 7.10. The van der Waals surface area contributed by atoms with Crippen molar-refractivity contribution in [2.45, 2.75) is 71.6 Å². The number of hydrogen-bond donors (Lipinski definition) is 6. The lowest BCUT2D eigenvalue weighted by atomic mass is 9.94. The number of aryl methyl sites for hydroxylation is 2. The van der Waals surface area contributed by atoms with Crippen molar-refractivity contribution in [2.75, 3.05) is 37.3 Å². The number of allylic oxidation sites excluding steroid dienone is 1. The number of nitrogens with two attached hydrogens (primary N) is 1. The van der Waals surface area contributed by atoms with Crippen molar-refractivity contribution in [1.82, 2.24) is 39.9 Å². The predicted molar refractivity (Wildman–Crippen MR) is 208 cm³/mol. The molecule has 0 saturated carbocycles. The Hall–Kier alpha value is -5.81. The van der Waals surface area contributed by atoms with Crippen molar-refractivity contribution in [2.24, 2.45) is 22.7 Å². The lowest BCUT2D eigenvalue weighted by Gasteiger charge is -2.31. The number of rotatable bonds is 4. The molecular weight excluding hydrogens is 704 g/mol. The number of imidazole rings is 2. The Bertz CT molecular complexity index is 2210. The molecule has 3 unspecified atom stereocenters. The molecule has 0 radical (unpaired) electrons. The van der Waals surface area contributed by atoms with Gasteiger partial charge in [0.05, 0.1) is 22.1 Å². The molecule has 3 aliphatic rings. The third-order valence-electron chi connectivity index (χ3n) is 10.9. The van der Waals surface area contributed by atoms with Gasteiger partial charge in [0, 0.05) is 76.0 Å². The molecule has 290 valence electrons. The summed E-state index contributed by atoms with van der Waals surface area (Å²) >= 11 is 0. The van der Waals surface area contributed by atoms with Crippen molar-refractivity contribution in [3.05, 3.63) is 59.2 Å². The third kappa shape index (κ3) is 7.88. The highest BCUT2D eigenvalue weighted by molar-refractivity contribution is 6.01. The molecule has 55 heavy (non-hydrogen) atoms. The molecule has 7 N–H and O–H groups in total. The molecule has 7 rings (SSSR count). The largest absolute Gasteiger partial charge is 0.465 e. The van der Waals surface area contributed by atoms with E-state index in [1.807, 2.05) is 41.3 Å². The minimum Gasteiger partial charge on any atom is -0.465 e. The van der Waals surface area contributed by atoms with E-state index in [9.17, 15) is 24.3 Å². The Morgan fingerprint density at radius 3 is 2.53 bits per heavy atom. The van der Waals surface area contributed by atoms with Crippen LogP contribution in [0.2, 0.25) is 0 Å². The van der Waals surface area contributed by atoms with Gasteiger partial charge in [0.2, 0.25) is 23.7 Å². The van der Waals surface area contributed by atoms with E-state index in [1.54, 1.807) is 24.3 Å². The van der Waals surface area contributed by atoms with E-state index in [-0.39, 0.29) is 30.2 Å². The summed E-state index contributed by atoms with van der Waals surface area (Å²) in [5.41, 5.74) is 14.2. The van der Waals surface area contributed by atoms with E-state index in [0.717, 1.165) is 41.7 Å². The van der Waals surface area contributed by atoms with Gasteiger partial charge in [-0.15, -0.1) is 0 Å². The molecule has 2 aromatic carbocycles. The van der Waals surface area contributed by atoms with Crippen LogP contribution in [0, 0.1) is 11.8 Å². The van der Waals surface area contributed by atoms with Crippen LogP contribution in [-0.4, -0.2) is 96.5 Å². The normalized spacial score (nSPS) is 22.9. The van der Waals surface area contributed by atoms with Gasteiger partial charge < -0.3 is 30.7 Å². The average molecular weight is 753 g/mol. The van der Waals surface area contributed by atoms with Gasteiger partial charge in [0.25, 0.3) is 5.91 Å². The maximum atomic E-state index is 14.3. The smallest absolute Gasteiger partial charge is 0.404 e. The van der Waals surface area contributed by atoms with Crippen LogP contribution in [0.25, 0.3) is 22.1 Å². The van der Waals surface area contributed by atoms with Crippen molar-refractivity contribution >= 4 is 63.5 Å². The molecule has 17 heteroatoms. The molecule has 1 fully saturated rings. The summed E-state index contributed by atoms with van der Waals surface area (Å²) in [5, 5.41) is 26.7. The Morgan fingerprint density at radius 2 is 1.78 bits per heavy atom. The lowest BCUT2D eigenvalue weighted by molar-refractivity contribution is -0.125. The number of carbonyl (C=O) groups excluding carboxylic acids is 3. The first kappa shape index (κ1) is 37.5. The number of hydrazone groups is 1. The monoisotopic (exact) mass is 752 g/mol. The maximum absolute atomic E-state index is 14.3. The van der Waals surface area contributed by atoms with Gasteiger partial charge in [-0.3, -0.25) is 25.0 Å². The SMILES string of the molecule is CCC1CN(C)N2CCC3CNN=C3C/C(C)=C\C(=O)Nc3nc4c(CNC(=O)O)cccc4n3CCCCn3c(nc4cc(C(N)=O)ccc43)NC(=O)C12. The van der Waals surface area contributed by atoms with Crippen molar-refractivity contribution in [3.8, 4) is 0 Å². The Balaban J connectivity index is 1.26. The zero-order chi connectivity index (χ0) is 38.8. The fraction of sp³-hybridized carbons (Fsp3) is 0.447. The van der Waals surface area contributed by atoms with E-state index in [2.05, 4.69) is 43.4 Å². The number of aromatic nitrogens is 4. The first-order chi connectivity index (χ1) is 26.5. The second-order valence-electron chi connectivity index (χ2n) is 14.6. The number of nitrogens with zero attached hydrogens (tertiary/aromatic N) is 7. The highest BCUT2D eigenvalue weighted by Gasteiger charge is 2.42. The number of benzene rings is 2. The highest BCUT2D eigenvalue weighted by atomic mass is 16.4. The number of para-hydroxylation sites is 1. The number of hydrogen-bond acceptors (Lipinski definition) is 10. The molecule has 1 saturated heterocycles. The Kier molecular flexibility index (Phi) is 10.8. The molecule has 4 aromatic rings. The van der Waals surface area contributed by atoms with Crippen molar-refractivity contribution in [3.63, 3.8) is 0 Å². The fourth-order valence-electron chi connectivity index (χ4n) is 8.09. The molecule has 17 nitrogen and oxygen atoms in total. The van der Waals surface area contributed by atoms with E-state index in [1.165, 1.54) is 0 Å². The van der Waals surface area contributed by atoms with Gasteiger partial charge in [-0.25, -0.2) is 24.8 Å². The molecule has 0 bridgehead atoms. The van der Waals surface area contributed by atoms with Gasteiger partial charge in [-0.2, -0.15) is 5.10 Å². The standard InChI is InChI=1S/C38H48N12O5/c1-4-23-21-47(3)50-15-12-25-20-41-46-27(25)16-22(2)17-31(51)43-37-44-32-26(19-40-38(54)55)8-7-9-30(32)49(37)14-6-5-13-48-29-11-10-24(34(39)52)18-28(29)42-36(48)45-35(53)33(23)50/h7-11,17-18,23,25,33,40-41H,4-6,12-16,19-21H2,1-3H3,(H2,39,52)(H,54,55)(H,42,45,53)(H,43,44,51)/b22-17-. The Labute approximate surface area is 318 Å². The molecule has 2 aromatic heterocycles. The first-order valence-electron chi connectivity index (χ1n) is 18.8. The topological polar surface area (TPSA) is 217 Å². The number of primary amides is 1. The number of fused-ring (bicyclic) bond motifs is 8. The minimum absolute atomic E-state index is 0.0565. The van der Waals surface area contributed by atoms with Gasteiger partial charge in [0.1, 0.15) is 6.04 Å². The molecule has 5 heterocycles. The van der Waals surface area contributed by atoms with E-state index >= 15 is 0 Å². The second kappa shape index (κ2) is 15.9. The first-order valence-corrected chi connectivity index (χ1v) is 18.8. The summed E-state index contributed by atoms with van der Waals surface area (Å²) in [6.07, 6.45) is 3.83. The number of nitrogens with one attached hydrogen (secondary N) is 4. The van der Waals surface area contributed by atoms with Crippen LogP contribution in [-0.2, 0) is 29.2 Å². The molecule has 0 aliphatic carbocycles. The fourth-order valence-corrected chi connectivity index (χ4v) is 8.09. The highest BCUT2D eigenvalue weighted by Crippen LogP contribution is 2.30. The maximum Gasteiger partial charge on any atom is 0.404 e. The quantitative estimate of drug-likeness (QED) is 0.178. The van der Waals surface area contributed by atoms with Crippen LogP contribution in [0.4, 0.5) is 16.7 Å². The minimum atomic E-state index is -1.15. The Morgan fingerprint density at radius 1 is 1.02 bits per heavy atom. The van der Waals surface area contributed by atoms with Gasteiger partial charge in [-0.05, 0) is 68.4 Å². The van der Waals surface area contributed by atoms with E-state index in [0.29, 0.717) is 79.5 Å². The van der Waals surface area contributed by atoms with Gasteiger partial charge >= 0.3 is 6.09 Å². The molecule has 4 amide bonds. The number of carboxylic acid groups (broad SMARTS) is 1. The second-order valence-corrected chi connectivity index (χ2v) is 14.6. The molecule has 3 atom stereocenters. The summed E-state index contributed by atoms with van der Waals surface area (Å²) in [7, 11) is 2.02. The summed E-state index contributed by atoms with van der Waals surface area (Å²) in [4.78, 5) is 60.9. The van der Waals surface area contributed by atoms with Crippen LogP contribution in [0.1, 0.15) is 61.9 Å². The van der Waals surface area contributed by atoms with Crippen LogP contribution in [0.3, 0.4) is 0 Å². The molecule has 3 aliphatic heterocycles. The van der Waals surface area contributed by atoms with Crippen LogP contribution < -0.4 is 27.1 Å². The van der Waals surface area contributed by atoms with Crippen molar-refractivity contribution in [1.29, 1.82) is 0 Å². The molecule has 0 spiro atoms. The van der Waals surface area contributed by atoms with E-state index in [4.69, 9.17) is 15.7 Å². The van der Waals surface area contributed by atoms with E-state index < -0.39 is 18.0 Å². The zero-order valence-electron chi connectivity index (χ0n) is 31.3. The average Bonchev–Trinajstić information content (AvgIpc) is 3.90. The third-order valence-corrected chi connectivity index (χ3v) is 10.9. The molecular formula is C38H48N12O5. The number of hydrazine groups is 1. The van der Waals surface area contributed by atoms with Gasteiger partial charge in [-0.1, -0.05) is 24.6 Å². The van der Waals surface area contributed by atoms with Crippen LogP contribution in [0.15, 0.2) is 53.1 Å². The lowest BCUT2D eigenvalue weighted by Crippen LogP contribution is -2.47. The van der Waals surface area contributed by atoms with Crippen LogP contribution >= 0.6 is 0 Å². The summed E-state index contributed by atoms with van der Waals surface area (Å²) in [5.74, 6) is -0.0675. The van der Waals surface area contributed by atoms with Gasteiger partial charge in [0.15, 0.2) is 0 Å². The predicted octanol–water partition coefficient (Wildman–Crippen LogP) is 3.48. The number of anilines is 2. The number of amides is 4. The number of carbonyl (C=O) groups is 4. The summed E-state index contributed by atoms with van der Waals surface area (Å²) in [6, 6.07) is 10.2. The summed E-state index contributed by atoms with van der Waals surface area (Å²) < 4.78 is 3.91. The van der Waals surface area contributed by atoms with Crippen molar-refractivity contribution < 1.29 is 24.3 Å². The zero-order valence-corrected chi connectivity index (χ0v) is 31.3.